The van der Waals surface area contributed by atoms with Gasteiger partial charge in [0.05, 0.1) is 0 Å². The van der Waals surface area contributed by atoms with Gasteiger partial charge in [-0.25, -0.2) is 0 Å². The van der Waals surface area contributed by atoms with Crippen molar-refractivity contribution in [2.75, 3.05) is 12.4 Å². The number of carbonyl (C=O) groups is 1. The van der Waals surface area contributed by atoms with Crippen LogP contribution in [-0.4, -0.2) is 23.4 Å². The van der Waals surface area contributed by atoms with Crippen molar-refractivity contribution in [2.24, 2.45) is 0 Å². The first kappa shape index (κ1) is 14.7. The molecule has 0 heterocycles. The molecule has 2 aromatic rings. The van der Waals surface area contributed by atoms with Crippen LogP contribution in [0.1, 0.15) is 18.4 Å². The van der Waals surface area contributed by atoms with Gasteiger partial charge in [-0.05, 0) is 41.3 Å². The quantitative estimate of drug-likeness (QED) is 0.803. The zero-order valence-corrected chi connectivity index (χ0v) is 12.0. The Morgan fingerprint density at radius 1 is 1.25 bits per heavy atom. The second-order valence-corrected chi connectivity index (χ2v) is 5.09. The highest BCUT2D eigenvalue weighted by Crippen LogP contribution is 2.23. The largest absolute Gasteiger partial charge is 0.508 e. The fourth-order valence-corrected chi connectivity index (χ4v) is 2.33. The molecule has 2 rings (SSSR count). The summed E-state index contributed by atoms with van der Waals surface area (Å²) in [5.41, 5.74) is 1.12. The van der Waals surface area contributed by atoms with Crippen molar-refractivity contribution in [2.45, 2.75) is 19.3 Å². The smallest absolute Gasteiger partial charge is 0.220 e. The number of hydrogen-bond acceptors (Lipinski definition) is 2. The van der Waals surface area contributed by atoms with Crippen LogP contribution in [0.3, 0.4) is 0 Å². The minimum Gasteiger partial charge on any atom is -0.508 e. The molecule has 1 amide bonds. The van der Waals surface area contributed by atoms with E-state index >= 15 is 0 Å². The molecule has 0 atom stereocenters. The van der Waals surface area contributed by atoms with Gasteiger partial charge in [0.1, 0.15) is 5.75 Å². The topological polar surface area (TPSA) is 49.3 Å². The fourth-order valence-electron chi connectivity index (χ4n) is 2.20. The third-order valence-electron chi connectivity index (χ3n) is 3.21. The van der Waals surface area contributed by atoms with E-state index in [1.807, 2.05) is 24.3 Å². The Morgan fingerprint density at radius 3 is 2.90 bits per heavy atom. The molecule has 0 aliphatic rings. The summed E-state index contributed by atoms with van der Waals surface area (Å²) in [6.45, 7) is 0.593. The Kier molecular flexibility index (Phi) is 5.24. The van der Waals surface area contributed by atoms with Crippen LogP contribution >= 0.6 is 11.6 Å². The number of alkyl halides is 1. The monoisotopic (exact) mass is 291 g/mol. The molecular formula is C16H18ClNO2. The number of nitrogens with one attached hydrogen (secondary N) is 1. The van der Waals surface area contributed by atoms with Crippen molar-refractivity contribution in [3.05, 3.63) is 42.0 Å². The summed E-state index contributed by atoms with van der Waals surface area (Å²) in [7, 11) is 0. The van der Waals surface area contributed by atoms with E-state index in [-0.39, 0.29) is 11.7 Å². The van der Waals surface area contributed by atoms with Crippen LogP contribution in [0.2, 0.25) is 0 Å². The van der Waals surface area contributed by atoms with E-state index in [1.165, 1.54) is 0 Å². The van der Waals surface area contributed by atoms with Gasteiger partial charge in [-0.2, -0.15) is 0 Å². The molecule has 3 nitrogen and oxygen atoms in total. The number of benzene rings is 2. The SMILES string of the molecule is O=C(CCCCl)NCCc1cccc2ccc(O)cc12. The average molecular weight is 292 g/mol. The molecule has 0 fully saturated rings. The first-order valence-electron chi connectivity index (χ1n) is 6.74. The number of phenolic OH excluding ortho intramolecular Hbond substituents is 1. The molecule has 20 heavy (non-hydrogen) atoms. The van der Waals surface area contributed by atoms with Gasteiger partial charge in [0.2, 0.25) is 5.91 Å². The maximum Gasteiger partial charge on any atom is 0.220 e. The summed E-state index contributed by atoms with van der Waals surface area (Å²) in [5.74, 6) is 0.806. The Labute approximate surface area is 123 Å². The standard InChI is InChI=1S/C16H18ClNO2/c17-9-2-5-16(20)18-10-8-13-4-1-3-12-6-7-14(19)11-15(12)13/h1,3-4,6-7,11,19H,2,5,8-10H2,(H,18,20). The minimum absolute atomic E-state index is 0.0359. The van der Waals surface area contributed by atoms with Crippen molar-refractivity contribution in [1.82, 2.24) is 5.32 Å². The van der Waals surface area contributed by atoms with E-state index in [2.05, 4.69) is 5.32 Å². The van der Waals surface area contributed by atoms with Gasteiger partial charge in [0, 0.05) is 18.8 Å². The molecule has 0 saturated carbocycles. The molecule has 2 aromatic carbocycles. The molecule has 0 bridgehead atoms. The van der Waals surface area contributed by atoms with E-state index in [4.69, 9.17) is 11.6 Å². The summed E-state index contributed by atoms with van der Waals surface area (Å²) in [6.07, 6.45) is 1.92. The first-order valence-corrected chi connectivity index (χ1v) is 7.27. The molecule has 0 aliphatic carbocycles. The highest BCUT2D eigenvalue weighted by atomic mass is 35.5. The van der Waals surface area contributed by atoms with Gasteiger partial charge in [-0.3, -0.25) is 4.79 Å². The van der Waals surface area contributed by atoms with E-state index in [1.54, 1.807) is 12.1 Å². The third-order valence-corrected chi connectivity index (χ3v) is 3.48. The number of carbonyl (C=O) groups excluding carboxylic acids is 1. The van der Waals surface area contributed by atoms with E-state index in [0.29, 0.717) is 25.3 Å². The van der Waals surface area contributed by atoms with Crippen LogP contribution < -0.4 is 5.32 Å². The maximum atomic E-state index is 11.5. The van der Waals surface area contributed by atoms with Crippen LogP contribution in [0, 0.1) is 0 Å². The predicted octanol–water partition coefficient (Wildman–Crippen LogP) is 3.22. The van der Waals surface area contributed by atoms with Crippen molar-refractivity contribution in [3.8, 4) is 5.75 Å². The number of fused-ring (bicyclic) bond motifs is 1. The van der Waals surface area contributed by atoms with Gasteiger partial charge in [-0.15, -0.1) is 11.6 Å². The second-order valence-electron chi connectivity index (χ2n) is 4.72. The highest BCUT2D eigenvalue weighted by Gasteiger charge is 2.04. The maximum absolute atomic E-state index is 11.5. The van der Waals surface area contributed by atoms with Crippen molar-refractivity contribution in [3.63, 3.8) is 0 Å². The molecule has 4 heteroatoms. The van der Waals surface area contributed by atoms with E-state index < -0.39 is 0 Å². The van der Waals surface area contributed by atoms with Crippen LogP contribution in [0.5, 0.6) is 5.75 Å². The van der Waals surface area contributed by atoms with Crippen LogP contribution in [0.25, 0.3) is 10.8 Å². The lowest BCUT2D eigenvalue weighted by molar-refractivity contribution is -0.121. The molecule has 0 unspecified atom stereocenters. The number of rotatable bonds is 6. The molecule has 106 valence electrons. The van der Waals surface area contributed by atoms with Crippen LogP contribution in [0.4, 0.5) is 0 Å². The Balaban J connectivity index is 1.99. The molecule has 2 N–H and O–H groups in total. The molecule has 0 saturated heterocycles. The zero-order chi connectivity index (χ0) is 14.4. The van der Waals surface area contributed by atoms with Crippen molar-refractivity contribution < 1.29 is 9.90 Å². The fraction of sp³-hybridized carbons (Fsp3) is 0.312. The lowest BCUT2D eigenvalue weighted by atomic mass is 10.0. The van der Waals surface area contributed by atoms with Gasteiger partial charge < -0.3 is 10.4 Å². The minimum atomic E-state index is 0.0359. The lowest BCUT2D eigenvalue weighted by Gasteiger charge is -2.08. The van der Waals surface area contributed by atoms with Crippen LogP contribution in [-0.2, 0) is 11.2 Å². The lowest BCUT2D eigenvalue weighted by Crippen LogP contribution is -2.25. The molecule has 0 aromatic heterocycles. The molecule has 0 radical (unpaired) electrons. The van der Waals surface area contributed by atoms with Crippen molar-refractivity contribution in [1.29, 1.82) is 0 Å². The normalized spacial score (nSPS) is 10.7. The molecular weight excluding hydrogens is 274 g/mol. The Hall–Kier alpha value is -1.74. The Morgan fingerprint density at radius 2 is 2.10 bits per heavy atom. The van der Waals surface area contributed by atoms with E-state index in [9.17, 15) is 9.90 Å². The summed E-state index contributed by atoms with van der Waals surface area (Å²) in [6, 6.07) is 11.4. The van der Waals surface area contributed by atoms with Crippen LogP contribution in [0.15, 0.2) is 36.4 Å². The van der Waals surface area contributed by atoms with E-state index in [0.717, 1.165) is 22.8 Å². The summed E-state index contributed by atoms with van der Waals surface area (Å²) in [5, 5.41) is 14.6. The number of amides is 1. The number of phenols is 1. The molecule has 0 spiro atoms. The van der Waals surface area contributed by atoms with Gasteiger partial charge >= 0.3 is 0 Å². The number of halogens is 1. The highest BCUT2D eigenvalue weighted by molar-refractivity contribution is 6.17. The number of aromatic hydroxyl groups is 1. The Bertz CT molecular complexity index is 598. The molecule has 0 aliphatic heterocycles. The summed E-state index contributed by atoms with van der Waals surface area (Å²) >= 11 is 5.55. The zero-order valence-electron chi connectivity index (χ0n) is 11.2. The van der Waals surface area contributed by atoms with Crippen molar-refractivity contribution >= 4 is 28.3 Å². The summed E-state index contributed by atoms with van der Waals surface area (Å²) < 4.78 is 0. The van der Waals surface area contributed by atoms with Gasteiger partial charge in [-0.1, -0.05) is 24.3 Å². The predicted molar refractivity (Wildman–Crippen MR) is 82.3 cm³/mol. The number of hydrogen-bond donors (Lipinski definition) is 2. The second kappa shape index (κ2) is 7.15. The van der Waals surface area contributed by atoms with Gasteiger partial charge in [0.15, 0.2) is 0 Å². The van der Waals surface area contributed by atoms with Gasteiger partial charge in [0.25, 0.3) is 0 Å². The first-order chi connectivity index (χ1) is 9.70. The summed E-state index contributed by atoms with van der Waals surface area (Å²) in [4.78, 5) is 11.5. The average Bonchev–Trinajstić information content (AvgIpc) is 2.45. The third kappa shape index (κ3) is 3.87.